The van der Waals surface area contributed by atoms with Gasteiger partial charge in [0, 0.05) is 6.54 Å². The van der Waals surface area contributed by atoms with E-state index in [1.165, 1.54) is 12.8 Å². The van der Waals surface area contributed by atoms with Crippen molar-refractivity contribution in [2.75, 3.05) is 26.2 Å². The van der Waals surface area contributed by atoms with Gasteiger partial charge < -0.3 is 4.74 Å². The molecule has 0 bridgehead atoms. The van der Waals surface area contributed by atoms with Gasteiger partial charge in [0.1, 0.15) is 5.75 Å². The van der Waals surface area contributed by atoms with Crippen molar-refractivity contribution in [3.63, 3.8) is 0 Å². The molecular weight excluding hydrogens is 250 g/mol. The number of nitrogens with zero attached hydrogens (tertiary/aromatic N) is 1. The maximum atomic E-state index is 12.5. The van der Waals surface area contributed by atoms with Crippen molar-refractivity contribution in [2.45, 2.75) is 33.6 Å². The average molecular weight is 275 g/mol. The first kappa shape index (κ1) is 15.0. The van der Waals surface area contributed by atoms with Gasteiger partial charge in [0.25, 0.3) is 0 Å². The largest absolute Gasteiger partial charge is 0.493 e. The van der Waals surface area contributed by atoms with Crippen molar-refractivity contribution in [3.8, 4) is 5.75 Å². The molecule has 1 aromatic carbocycles. The SMILES string of the molecule is CCOc1ccc(C)cc1C(=O)CN1CCCC(C)C1. The number of piperidine rings is 1. The van der Waals surface area contributed by atoms with E-state index >= 15 is 0 Å². The van der Waals surface area contributed by atoms with Crippen LogP contribution in [-0.4, -0.2) is 36.9 Å². The zero-order chi connectivity index (χ0) is 14.5. The fraction of sp³-hybridized carbons (Fsp3) is 0.588. The molecule has 0 N–H and O–H groups in total. The number of hydrogen-bond acceptors (Lipinski definition) is 3. The minimum absolute atomic E-state index is 0.172. The molecule has 20 heavy (non-hydrogen) atoms. The molecule has 3 heteroatoms. The molecule has 0 radical (unpaired) electrons. The van der Waals surface area contributed by atoms with Crippen LogP contribution in [0.4, 0.5) is 0 Å². The van der Waals surface area contributed by atoms with Gasteiger partial charge in [-0.2, -0.15) is 0 Å². The predicted molar refractivity (Wildman–Crippen MR) is 81.5 cm³/mol. The number of likely N-dealkylation sites (tertiary alicyclic amines) is 1. The number of hydrogen-bond donors (Lipinski definition) is 0. The van der Waals surface area contributed by atoms with Crippen LogP contribution in [0.25, 0.3) is 0 Å². The van der Waals surface area contributed by atoms with Crippen molar-refractivity contribution < 1.29 is 9.53 Å². The van der Waals surface area contributed by atoms with Gasteiger partial charge in [-0.3, -0.25) is 9.69 Å². The van der Waals surface area contributed by atoms with E-state index < -0.39 is 0 Å². The zero-order valence-corrected chi connectivity index (χ0v) is 12.8. The maximum Gasteiger partial charge on any atom is 0.180 e. The zero-order valence-electron chi connectivity index (χ0n) is 12.8. The Morgan fingerprint density at radius 3 is 2.95 bits per heavy atom. The van der Waals surface area contributed by atoms with Gasteiger partial charge in [-0.25, -0.2) is 0 Å². The topological polar surface area (TPSA) is 29.5 Å². The van der Waals surface area contributed by atoms with E-state index in [1.54, 1.807) is 0 Å². The van der Waals surface area contributed by atoms with Gasteiger partial charge in [-0.05, 0) is 51.3 Å². The molecule has 0 aromatic heterocycles. The number of benzene rings is 1. The molecule has 110 valence electrons. The lowest BCUT2D eigenvalue weighted by atomic mass is 9.99. The lowest BCUT2D eigenvalue weighted by Gasteiger charge is -2.30. The summed E-state index contributed by atoms with van der Waals surface area (Å²) in [6, 6.07) is 5.84. The number of carbonyl (C=O) groups is 1. The molecule has 0 saturated carbocycles. The summed E-state index contributed by atoms with van der Waals surface area (Å²) in [6.07, 6.45) is 2.47. The van der Waals surface area contributed by atoms with Crippen LogP contribution in [-0.2, 0) is 0 Å². The summed E-state index contributed by atoms with van der Waals surface area (Å²) >= 11 is 0. The second-order valence-corrected chi connectivity index (χ2v) is 5.84. The summed E-state index contributed by atoms with van der Waals surface area (Å²) in [6.45, 7) is 9.37. The highest BCUT2D eigenvalue weighted by Gasteiger charge is 2.21. The van der Waals surface area contributed by atoms with Crippen LogP contribution >= 0.6 is 0 Å². The number of rotatable bonds is 5. The second-order valence-electron chi connectivity index (χ2n) is 5.84. The van der Waals surface area contributed by atoms with Crippen molar-refractivity contribution in [1.29, 1.82) is 0 Å². The van der Waals surface area contributed by atoms with Crippen LogP contribution in [0.5, 0.6) is 5.75 Å². The minimum Gasteiger partial charge on any atom is -0.493 e. The third kappa shape index (κ3) is 3.83. The molecular formula is C17H25NO2. The summed E-state index contributed by atoms with van der Waals surface area (Å²) in [5, 5.41) is 0. The molecule has 0 spiro atoms. The molecule has 1 aliphatic heterocycles. The highest BCUT2D eigenvalue weighted by molar-refractivity contribution is 6.00. The minimum atomic E-state index is 0.172. The summed E-state index contributed by atoms with van der Waals surface area (Å²) < 4.78 is 5.58. The van der Waals surface area contributed by atoms with E-state index in [2.05, 4.69) is 11.8 Å². The lowest BCUT2D eigenvalue weighted by Crippen LogP contribution is -2.38. The smallest absolute Gasteiger partial charge is 0.180 e. The second kappa shape index (κ2) is 6.89. The summed E-state index contributed by atoms with van der Waals surface area (Å²) in [5.41, 5.74) is 1.83. The Balaban J connectivity index is 2.09. The Hall–Kier alpha value is -1.35. The van der Waals surface area contributed by atoms with Crippen molar-refractivity contribution in [3.05, 3.63) is 29.3 Å². The Labute approximate surface area is 121 Å². The number of Topliss-reactive ketones (excluding diaryl/α,β-unsaturated/α-hetero) is 1. The quantitative estimate of drug-likeness (QED) is 0.772. The highest BCUT2D eigenvalue weighted by atomic mass is 16.5. The molecule has 1 heterocycles. The van der Waals surface area contributed by atoms with Crippen LogP contribution in [0.1, 0.15) is 42.6 Å². The molecule has 1 atom stereocenters. The van der Waals surface area contributed by atoms with E-state index in [1.807, 2.05) is 32.0 Å². The molecule has 0 aliphatic carbocycles. The fourth-order valence-corrected chi connectivity index (χ4v) is 2.86. The molecule has 0 amide bonds. The fourth-order valence-electron chi connectivity index (χ4n) is 2.86. The average Bonchev–Trinajstić information content (AvgIpc) is 2.41. The molecule has 1 aromatic rings. The van der Waals surface area contributed by atoms with E-state index in [0.29, 0.717) is 24.8 Å². The first-order valence-electron chi connectivity index (χ1n) is 7.59. The van der Waals surface area contributed by atoms with E-state index in [9.17, 15) is 4.79 Å². The maximum absolute atomic E-state index is 12.5. The molecule has 3 nitrogen and oxygen atoms in total. The van der Waals surface area contributed by atoms with Gasteiger partial charge in [0.2, 0.25) is 0 Å². The van der Waals surface area contributed by atoms with Crippen LogP contribution in [0, 0.1) is 12.8 Å². The molecule has 1 fully saturated rings. The highest BCUT2D eigenvalue weighted by Crippen LogP contribution is 2.22. The Morgan fingerprint density at radius 2 is 2.25 bits per heavy atom. The number of aryl methyl sites for hydroxylation is 1. The van der Waals surface area contributed by atoms with Gasteiger partial charge in [0.15, 0.2) is 5.78 Å². The summed E-state index contributed by atoms with van der Waals surface area (Å²) in [4.78, 5) is 14.8. The van der Waals surface area contributed by atoms with E-state index in [-0.39, 0.29) is 5.78 Å². The van der Waals surface area contributed by atoms with Gasteiger partial charge >= 0.3 is 0 Å². The summed E-state index contributed by atoms with van der Waals surface area (Å²) in [5.74, 6) is 1.58. The number of carbonyl (C=O) groups excluding carboxylic acids is 1. The molecule has 1 unspecified atom stereocenters. The first-order chi connectivity index (χ1) is 9.60. The molecule has 2 rings (SSSR count). The molecule has 1 saturated heterocycles. The Morgan fingerprint density at radius 1 is 1.45 bits per heavy atom. The molecule has 1 aliphatic rings. The number of ether oxygens (including phenoxy) is 1. The summed E-state index contributed by atoms with van der Waals surface area (Å²) in [7, 11) is 0. The van der Waals surface area contributed by atoms with Crippen LogP contribution < -0.4 is 4.74 Å². The van der Waals surface area contributed by atoms with Gasteiger partial charge in [-0.15, -0.1) is 0 Å². The third-order valence-corrected chi connectivity index (χ3v) is 3.84. The normalized spacial score (nSPS) is 19.9. The van der Waals surface area contributed by atoms with Gasteiger partial charge in [0.05, 0.1) is 18.7 Å². The van der Waals surface area contributed by atoms with Crippen molar-refractivity contribution in [2.24, 2.45) is 5.92 Å². The van der Waals surface area contributed by atoms with Crippen LogP contribution in [0.2, 0.25) is 0 Å². The van der Waals surface area contributed by atoms with Crippen molar-refractivity contribution in [1.82, 2.24) is 4.90 Å². The lowest BCUT2D eigenvalue weighted by molar-refractivity contribution is 0.0889. The third-order valence-electron chi connectivity index (χ3n) is 3.84. The standard InChI is InChI=1S/C17H25NO2/c1-4-20-17-8-7-13(2)10-15(17)16(19)12-18-9-5-6-14(3)11-18/h7-8,10,14H,4-6,9,11-12H2,1-3H3. The van der Waals surface area contributed by atoms with E-state index in [4.69, 9.17) is 4.74 Å². The van der Waals surface area contributed by atoms with Crippen LogP contribution in [0.15, 0.2) is 18.2 Å². The van der Waals surface area contributed by atoms with E-state index in [0.717, 1.165) is 24.2 Å². The first-order valence-corrected chi connectivity index (χ1v) is 7.59. The van der Waals surface area contributed by atoms with Gasteiger partial charge in [-0.1, -0.05) is 18.6 Å². The Bertz CT molecular complexity index is 470. The number of ketones is 1. The Kier molecular flexibility index (Phi) is 5.18. The van der Waals surface area contributed by atoms with Crippen molar-refractivity contribution >= 4 is 5.78 Å². The predicted octanol–water partition coefficient (Wildman–Crippen LogP) is 3.31. The van der Waals surface area contributed by atoms with Crippen LogP contribution in [0.3, 0.4) is 0 Å². The monoisotopic (exact) mass is 275 g/mol.